The maximum absolute atomic E-state index is 11.6. The summed E-state index contributed by atoms with van der Waals surface area (Å²) in [5, 5.41) is 11.3. The van der Waals surface area contributed by atoms with Gasteiger partial charge < -0.3 is 15.2 Å². The molecule has 0 rings (SSSR count). The molecule has 0 aliphatic heterocycles. The number of aliphatic carboxylic acids is 1. The minimum absolute atomic E-state index is 0.443. The summed E-state index contributed by atoms with van der Waals surface area (Å²) in [6.07, 6.45) is 1.08. The number of carboxylic acid groups (broad SMARTS) is 1. The lowest BCUT2D eigenvalue weighted by atomic mass is 9.95. The van der Waals surface area contributed by atoms with Gasteiger partial charge in [0.1, 0.15) is 5.60 Å². The van der Waals surface area contributed by atoms with E-state index >= 15 is 0 Å². The van der Waals surface area contributed by atoms with Crippen LogP contribution in [0, 0.1) is 0 Å². The lowest BCUT2D eigenvalue weighted by Gasteiger charge is -2.28. The van der Waals surface area contributed by atoms with E-state index in [-0.39, 0.29) is 0 Å². The zero-order valence-corrected chi connectivity index (χ0v) is 12.0. The van der Waals surface area contributed by atoms with Crippen LogP contribution in [0.1, 0.15) is 48.0 Å². The summed E-state index contributed by atoms with van der Waals surface area (Å²) in [5.74, 6) is -0.986. The van der Waals surface area contributed by atoms with Crippen LogP contribution in [0.25, 0.3) is 0 Å². The molecule has 1 amide bonds. The monoisotopic (exact) mass is 257 g/mol. The minimum Gasteiger partial charge on any atom is -0.478 e. The van der Waals surface area contributed by atoms with E-state index in [4.69, 9.17) is 9.84 Å². The predicted molar refractivity (Wildman–Crippen MR) is 69.5 cm³/mol. The molecule has 2 N–H and O–H groups in total. The smallest absolute Gasteiger partial charge is 0.408 e. The first-order chi connectivity index (χ1) is 7.91. The van der Waals surface area contributed by atoms with Crippen molar-refractivity contribution in [3.8, 4) is 0 Å². The second-order valence-corrected chi connectivity index (χ2v) is 6.02. The molecule has 0 aromatic heterocycles. The second kappa shape index (κ2) is 5.89. The van der Waals surface area contributed by atoms with E-state index in [2.05, 4.69) is 5.32 Å². The number of ether oxygens (including phenoxy) is 1. The lowest BCUT2D eigenvalue weighted by molar-refractivity contribution is -0.131. The molecule has 0 heterocycles. The molecule has 0 fully saturated rings. The molecule has 0 atom stereocenters. The van der Waals surface area contributed by atoms with Crippen LogP contribution in [-0.2, 0) is 9.53 Å². The quantitative estimate of drug-likeness (QED) is 0.759. The van der Waals surface area contributed by atoms with E-state index in [9.17, 15) is 9.59 Å². The number of carbonyl (C=O) groups is 2. The van der Waals surface area contributed by atoms with Gasteiger partial charge in [-0.25, -0.2) is 9.59 Å². The molecule has 0 unspecified atom stereocenters. The standard InChI is InChI=1S/C13H23NO4/c1-9(7-10(15)16)8-13(5,6)14-11(17)18-12(2,3)4/h7H,8H2,1-6H3,(H,14,17)(H,15,16)/b9-7+. The van der Waals surface area contributed by atoms with Crippen LogP contribution < -0.4 is 5.32 Å². The summed E-state index contributed by atoms with van der Waals surface area (Å²) in [4.78, 5) is 22.1. The van der Waals surface area contributed by atoms with E-state index in [1.54, 1.807) is 27.7 Å². The van der Waals surface area contributed by atoms with Crippen LogP contribution in [0.2, 0.25) is 0 Å². The Morgan fingerprint density at radius 3 is 2.11 bits per heavy atom. The number of carbonyl (C=O) groups excluding carboxylic acids is 1. The van der Waals surface area contributed by atoms with Gasteiger partial charge in [-0.2, -0.15) is 0 Å². The molecule has 0 saturated carbocycles. The van der Waals surface area contributed by atoms with E-state index in [0.29, 0.717) is 12.0 Å². The highest BCUT2D eigenvalue weighted by Crippen LogP contribution is 2.16. The first-order valence-electron chi connectivity index (χ1n) is 5.82. The number of hydrogen-bond donors (Lipinski definition) is 2. The largest absolute Gasteiger partial charge is 0.478 e. The van der Waals surface area contributed by atoms with Gasteiger partial charge in [-0.15, -0.1) is 0 Å². The average molecular weight is 257 g/mol. The Kier molecular flexibility index (Phi) is 5.39. The highest BCUT2D eigenvalue weighted by Gasteiger charge is 2.24. The Bertz CT molecular complexity index is 350. The van der Waals surface area contributed by atoms with Crippen molar-refractivity contribution in [3.63, 3.8) is 0 Å². The molecule has 0 aromatic rings. The third kappa shape index (κ3) is 8.61. The van der Waals surface area contributed by atoms with Crippen LogP contribution in [0.15, 0.2) is 11.6 Å². The van der Waals surface area contributed by atoms with Gasteiger partial charge in [0.25, 0.3) is 0 Å². The van der Waals surface area contributed by atoms with Crippen LogP contribution in [0.3, 0.4) is 0 Å². The fraction of sp³-hybridized carbons (Fsp3) is 0.692. The van der Waals surface area contributed by atoms with Gasteiger partial charge in [-0.1, -0.05) is 5.57 Å². The topological polar surface area (TPSA) is 75.6 Å². The SMILES string of the molecule is C/C(=C\C(=O)O)CC(C)(C)NC(=O)OC(C)(C)C. The highest BCUT2D eigenvalue weighted by atomic mass is 16.6. The Balaban J connectivity index is 4.48. The molecule has 104 valence electrons. The molecule has 0 aromatic carbocycles. The van der Waals surface area contributed by atoms with E-state index < -0.39 is 23.2 Å². The third-order valence-electron chi connectivity index (χ3n) is 1.93. The highest BCUT2D eigenvalue weighted by molar-refractivity contribution is 5.80. The van der Waals surface area contributed by atoms with E-state index in [1.165, 1.54) is 0 Å². The predicted octanol–water partition coefficient (Wildman–Crippen LogP) is 2.71. The summed E-state index contributed by atoms with van der Waals surface area (Å²) in [6.45, 7) is 10.7. The first-order valence-corrected chi connectivity index (χ1v) is 5.82. The zero-order chi connectivity index (χ0) is 14.6. The normalized spacial score (nSPS) is 13.1. The number of hydrogen-bond acceptors (Lipinski definition) is 3. The molecule has 5 heteroatoms. The average Bonchev–Trinajstić information content (AvgIpc) is 1.92. The van der Waals surface area contributed by atoms with Crippen molar-refractivity contribution in [1.82, 2.24) is 5.32 Å². The van der Waals surface area contributed by atoms with Gasteiger partial charge in [0.15, 0.2) is 0 Å². The molecule has 18 heavy (non-hydrogen) atoms. The van der Waals surface area contributed by atoms with Crippen LogP contribution in [-0.4, -0.2) is 28.3 Å². The number of amides is 1. The van der Waals surface area contributed by atoms with Gasteiger partial charge in [0.05, 0.1) is 0 Å². The van der Waals surface area contributed by atoms with Crippen molar-refractivity contribution < 1.29 is 19.4 Å². The molecule has 0 aliphatic carbocycles. The van der Waals surface area contributed by atoms with Crippen molar-refractivity contribution in [1.29, 1.82) is 0 Å². The first kappa shape index (κ1) is 16.5. The van der Waals surface area contributed by atoms with Gasteiger partial charge in [0.2, 0.25) is 0 Å². The Hall–Kier alpha value is -1.52. The summed E-state index contributed by atoms with van der Waals surface area (Å²) in [6, 6.07) is 0. The van der Waals surface area contributed by atoms with E-state index in [0.717, 1.165) is 6.08 Å². The number of alkyl carbamates (subject to hydrolysis) is 1. The Morgan fingerprint density at radius 2 is 1.72 bits per heavy atom. The molecular weight excluding hydrogens is 234 g/mol. The molecule has 0 saturated heterocycles. The van der Waals surface area contributed by atoms with Crippen molar-refractivity contribution in [2.24, 2.45) is 0 Å². The Morgan fingerprint density at radius 1 is 1.22 bits per heavy atom. The van der Waals surface area contributed by atoms with Crippen LogP contribution in [0.5, 0.6) is 0 Å². The van der Waals surface area contributed by atoms with Crippen LogP contribution >= 0.6 is 0 Å². The Labute approximate surface area is 108 Å². The summed E-state index contributed by atoms with van der Waals surface area (Å²) < 4.78 is 5.15. The second-order valence-electron chi connectivity index (χ2n) is 6.02. The molecule has 0 radical (unpaired) electrons. The molecular formula is C13H23NO4. The summed E-state index contributed by atoms with van der Waals surface area (Å²) >= 11 is 0. The summed E-state index contributed by atoms with van der Waals surface area (Å²) in [5.41, 5.74) is -0.423. The lowest BCUT2D eigenvalue weighted by Crippen LogP contribution is -2.45. The van der Waals surface area contributed by atoms with Crippen molar-refractivity contribution in [3.05, 3.63) is 11.6 Å². The summed E-state index contributed by atoms with van der Waals surface area (Å²) in [7, 11) is 0. The van der Waals surface area contributed by atoms with Gasteiger partial charge in [-0.05, 0) is 48.0 Å². The molecule has 5 nitrogen and oxygen atoms in total. The maximum atomic E-state index is 11.6. The molecule has 0 spiro atoms. The molecule has 0 aliphatic rings. The molecule has 0 bridgehead atoms. The van der Waals surface area contributed by atoms with Crippen molar-refractivity contribution >= 4 is 12.1 Å². The fourth-order valence-electron chi connectivity index (χ4n) is 1.58. The number of nitrogens with one attached hydrogen (secondary N) is 1. The van der Waals surface area contributed by atoms with Gasteiger partial charge in [0, 0.05) is 11.6 Å². The third-order valence-corrected chi connectivity index (χ3v) is 1.93. The maximum Gasteiger partial charge on any atom is 0.408 e. The number of carboxylic acids is 1. The minimum atomic E-state index is -0.986. The van der Waals surface area contributed by atoms with Crippen molar-refractivity contribution in [2.45, 2.75) is 59.1 Å². The van der Waals surface area contributed by atoms with Crippen LogP contribution in [0.4, 0.5) is 4.79 Å². The van der Waals surface area contributed by atoms with E-state index in [1.807, 2.05) is 13.8 Å². The van der Waals surface area contributed by atoms with Gasteiger partial charge in [-0.3, -0.25) is 0 Å². The zero-order valence-electron chi connectivity index (χ0n) is 12.0. The van der Waals surface area contributed by atoms with Gasteiger partial charge >= 0.3 is 12.1 Å². The van der Waals surface area contributed by atoms with Crippen molar-refractivity contribution in [2.75, 3.05) is 0 Å². The number of rotatable bonds is 4. The fourth-order valence-corrected chi connectivity index (χ4v) is 1.58.